The Hall–Kier alpha value is -2.62. The zero-order valence-electron chi connectivity index (χ0n) is 13.2. The highest BCUT2D eigenvalue weighted by atomic mass is 32.2. The molecule has 1 aliphatic heterocycles. The van der Waals surface area contributed by atoms with E-state index in [2.05, 4.69) is 5.10 Å². The standard InChI is InChI=1S/C15H15FN4O4S/c1-19-11(6-10(17-19)8-2-3-8)9-4-5-12(21)15(14(9)16)20-7-13(22)18-25(20,23)24/h4-6,8,21H,2-3,7H2,1H3,(H,18,22). The Morgan fingerprint density at radius 1 is 1.36 bits per heavy atom. The number of benzene rings is 1. The summed E-state index contributed by atoms with van der Waals surface area (Å²) in [5, 5.41) is 14.4. The van der Waals surface area contributed by atoms with Gasteiger partial charge < -0.3 is 5.11 Å². The van der Waals surface area contributed by atoms with Gasteiger partial charge in [0.15, 0.2) is 5.82 Å². The second kappa shape index (κ2) is 5.19. The lowest BCUT2D eigenvalue weighted by molar-refractivity contribution is -0.117. The second-order valence-corrected chi connectivity index (χ2v) is 7.78. The van der Waals surface area contributed by atoms with Gasteiger partial charge in [0.05, 0.1) is 11.4 Å². The molecule has 1 amide bonds. The number of rotatable bonds is 3. The minimum Gasteiger partial charge on any atom is -0.506 e. The van der Waals surface area contributed by atoms with Crippen LogP contribution in [0.2, 0.25) is 0 Å². The van der Waals surface area contributed by atoms with E-state index in [1.165, 1.54) is 16.8 Å². The number of phenols is 1. The van der Waals surface area contributed by atoms with Crippen molar-refractivity contribution in [2.45, 2.75) is 18.8 Å². The number of carbonyl (C=O) groups is 1. The van der Waals surface area contributed by atoms with Crippen LogP contribution in [0.3, 0.4) is 0 Å². The molecule has 25 heavy (non-hydrogen) atoms. The van der Waals surface area contributed by atoms with E-state index >= 15 is 4.39 Å². The number of hydrogen-bond acceptors (Lipinski definition) is 5. The van der Waals surface area contributed by atoms with Crippen molar-refractivity contribution in [3.05, 3.63) is 29.7 Å². The van der Waals surface area contributed by atoms with Crippen LogP contribution in [0.4, 0.5) is 10.1 Å². The van der Waals surface area contributed by atoms with Crippen molar-refractivity contribution < 1.29 is 22.7 Å². The molecule has 0 unspecified atom stereocenters. The number of nitrogens with one attached hydrogen (secondary N) is 1. The third kappa shape index (κ3) is 2.53. The van der Waals surface area contributed by atoms with Crippen molar-refractivity contribution in [3.8, 4) is 17.0 Å². The number of anilines is 1. The molecule has 2 heterocycles. The van der Waals surface area contributed by atoms with E-state index in [1.54, 1.807) is 17.8 Å². The SMILES string of the molecule is Cn1nc(C2CC2)cc1-c1ccc(O)c(N2CC(=O)NS2(=O)=O)c1F. The number of aryl methyl sites for hydroxylation is 1. The van der Waals surface area contributed by atoms with Gasteiger partial charge in [-0.1, -0.05) is 0 Å². The summed E-state index contributed by atoms with van der Waals surface area (Å²) >= 11 is 0. The second-order valence-electron chi connectivity index (χ2n) is 6.18. The predicted molar refractivity (Wildman–Crippen MR) is 86.7 cm³/mol. The average molecular weight is 366 g/mol. The first-order valence-corrected chi connectivity index (χ1v) is 9.11. The minimum atomic E-state index is -4.23. The lowest BCUT2D eigenvalue weighted by atomic mass is 10.1. The summed E-state index contributed by atoms with van der Waals surface area (Å²) in [6.45, 7) is -0.588. The molecule has 2 fully saturated rings. The summed E-state index contributed by atoms with van der Waals surface area (Å²) in [5.74, 6) is -1.91. The molecule has 1 saturated carbocycles. The summed E-state index contributed by atoms with van der Waals surface area (Å²) < 4.78 is 42.9. The quantitative estimate of drug-likeness (QED) is 0.843. The van der Waals surface area contributed by atoms with Crippen LogP contribution in [-0.2, 0) is 22.1 Å². The summed E-state index contributed by atoms with van der Waals surface area (Å²) in [5.41, 5.74) is 0.878. The van der Waals surface area contributed by atoms with Gasteiger partial charge in [-0.2, -0.15) is 13.5 Å². The summed E-state index contributed by atoms with van der Waals surface area (Å²) in [6, 6.07) is 4.33. The van der Waals surface area contributed by atoms with Gasteiger partial charge in [0.1, 0.15) is 18.0 Å². The van der Waals surface area contributed by atoms with Gasteiger partial charge in [-0.05, 0) is 31.0 Å². The number of aromatic nitrogens is 2. The smallest absolute Gasteiger partial charge is 0.326 e. The van der Waals surface area contributed by atoms with Gasteiger partial charge >= 0.3 is 10.2 Å². The Kier molecular flexibility index (Phi) is 3.29. The number of phenolic OH excluding ortho intramolecular Hbond substituents is 1. The molecule has 4 rings (SSSR count). The van der Waals surface area contributed by atoms with Crippen LogP contribution < -0.4 is 9.03 Å². The zero-order chi connectivity index (χ0) is 17.9. The largest absolute Gasteiger partial charge is 0.506 e. The van der Waals surface area contributed by atoms with E-state index in [1.807, 2.05) is 0 Å². The molecule has 2 aromatic rings. The van der Waals surface area contributed by atoms with Crippen LogP contribution in [0, 0.1) is 5.82 Å². The molecule has 0 atom stereocenters. The Balaban J connectivity index is 1.85. The number of amides is 1. The van der Waals surface area contributed by atoms with Crippen molar-refractivity contribution in [3.63, 3.8) is 0 Å². The molecule has 2 aliphatic rings. The minimum absolute atomic E-state index is 0.101. The van der Waals surface area contributed by atoms with E-state index in [9.17, 15) is 18.3 Å². The van der Waals surface area contributed by atoms with E-state index in [0.717, 1.165) is 18.5 Å². The van der Waals surface area contributed by atoms with Gasteiger partial charge in [0.25, 0.3) is 5.91 Å². The van der Waals surface area contributed by atoms with E-state index < -0.39 is 39.9 Å². The van der Waals surface area contributed by atoms with Crippen LogP contribution >= 0.6 is 0 Å². The number of nitrogens with zero attached hydrogens (tertiary/aromatic N) is 3. The lowest BCUT2D eigenvalue weighted by Gasteiger charge is -2.18. The molecule has 1 aliphatic carbocycles. The molecule has 132 valence electrons. The topological polar surface area (TPSA) is 105 Å². The molecule has 2 N–H and O–H groups in total. The molecular weight excluding hydrogens is 351 g/mol. The molecule has 0 bridgehead atoms. The highest BCUT2D eigenvalue weighted by Crippen LogP contribution is 2.42. The van der Waals surface area contributed by atoms with Crippen molar-refractivity contribution >= 4 is 21.8 Å². The summed E-state index contributed by atoms with van der Waals surface area (Å²) in [7, 11) is -2.56. The molecule has 1 aromatic carbocycles. The molecule has 8 nitrogen and oxygen atoms in total. The molecule has 10 heteroatoms. The first kappa shape index (κ1) is 15.9. The van der Waals surface area contributed by atoms with E-state index in [0.29, 0.717) is 15.9 Å². The van der Waals surface area contributed by atoms with Crippen molar-refractivity contribution in [2.24, 2.45) is 7.05 Å². The Bertz CT molecular complexity index is 997. The number of aromatic hydroxyl groups is 1. The molecule has 1 aromatic heterocycles. The maximum atomic E-state index is 15.1. The number of carbonyl (C=O) groups excluding carboxylic acids is 1. The van der Waals surface area contributed by atoms with Gasteiger partial charge in [0.2, 0.25) is 0 Å². The van der Waals surface area contributed by atoms with Crippen LogP contribution in [0.25, 0.3) is 11.3 Å². The first-order chi connectivity index (χ1) is 11.8. The number of halogens is 1. The van der Waals surface area contributed by atoms with Gasteiger partial charge in [0, 0.05) is 18.5 Å². The molecule has 0 spiro atoms. The molecular formula is C15H15FN4O4S. The fourth-order valence-corrected chi connectivity index (χ4v) is 4.12. The van der Waals surface area contributed by atoms with Gasteiger partial charge in [-0.3, -0.25) is 9.48 Å². The van der Waals surface area contributed by atoms with Crippen LogP contribution in [0.15, 0.2) is 18.2 Å². The third-order valence-electron chi connectivity index (χ3n) is 4.33. The molecule has 1 saturated heterocycles. The lowest BCUT2D eigenvalue weighted by Crippen LogP contribution is -2.30. The van der Waals surface area contributed by atoms with Crippen LogP contribution in [0.1, 0.15) is 24.5 Å². The Morgan fingerprint density at radius 3 is 2.68 bits per heavy atom. The molecule has 0 radical (unpaired) electrons. The van der Waals surface area contributed by atoms with E-state index in [4.69, 9.17) is 0 Å². The summed E-state index contributed by atoms with van der Waals surface area (Å²) in [4.78, 5) is 11.4. The normalized spacial score (nSPS) is 19.3. The maximum absolute atomic E-state index is 15.1. The van der Waals surface area contributed by atoms with Gasteiger partial charge in [-0.15, -0.1) is 0 Å². The predicted octanol–water partition coefficient (Wildman–Crippen LogP) is 0.990. The van der Waals surface area contributed by atoms with Crippen molar-refractivity contribution in [1.82, 2.24) is 14.5 Å². The highest BCUT2D eigenvalue weighted by Gasteiger charge is 2.38. The first-order valence-electron chi connectivity index (χ1n) is 7.67. The van der Waals surface area contributed by atoms with E-state index in [-0.39, 0.29) is 5.56 Å². The average Bonchev–Trinajstić information content (AvgIpc) is 3.24. The Morgan fingerprint density at radius 2 is 2.08 bits per heavy atom. The Labute approximate surface area is 143 Å². The third-order valence-corrected chi connectivity index (χ3v) is 5.71. The summed E-state index contributed by atoms with van der Waals surface area (Å²) in [6.07, 6.45) is 2.08. The fraction of sp³-hybridized carbons (Fsp3) is 0.333. The monoisotopic (exact) mass is 366 g/mol. The van der Waals surface area contributed by atoms with Crippen molar-refractivity contribution in [1.29, 1.82) is 0 Å². The maximum Gasteiger partial charge on any atom is 0.326 e. The van der Waals surface area contributed by atoms with Gasteiger partial charge in [-0.25, -0.2) is 13.4 Å². The highest BCUT2D eigenvalue weighted by molar-refractivity contribution is 7.92. The fourth-order valence-electron chi connectivity index (χ4n) is 2.96. The zero-order valence-corrected chi connectivity index (χ0v) is 14.0. The van der Waals surface area contributed by atoms with Crippen LogP contribution in [0.5, 0.6) is 5.75 Å². The van der Waals surface area contributed by atoms with Crippen LogP contribution in [-0.4, -0.2) is 35.8 Å². The number of hydrogen-bond donors (Lipinski definition) is 2. The van der Waals surface area contributed by atoms with Crippen molar-refractivity contribution in [2.75, 3.05) is 10.8 Å².